The maximum absolute atomic E-state index is 10.5. The van der Waals surface area contributed by atoms with Crippen LogP contribution in [0, 0.1) is 0 Å². The van der Waals surface area contributed by atoms with Gasteiger partial charge in [-0.3, -0.25) is 0 Å². The summed E-state index contributed by atoms with van der Waals surface area (Å²) in [4.78, 5) is 0. The van der Waals surface area contributed by atoms with Crippen LogP contribution < -0.4 is 0 Å². The van der Waals surface area contributed by atoms with E-state index in [0.717, 1.165) is 21.9 Å². The number of phenolic OH excluding ortho intramolecular Hbond substituents is 1. The fraction of sp³-hybridized carbons (Fsp3) is 0.111. The van der Waals surface area contributed by atoms with E-state index in [1.165, 1.54) is 0 Å². The van der Waals surface area contributed by atoms with Crippen molar-refractivity contribution in [3.05, 3.63) is 77.9 Å². The molecular formula is C18H16O2. The molecule has 0 aromatic heterocycles. The van der Waals surface area contributed by atoms with Crippen molar-refractivity contribution >= 4 is 10.8 Å². The van der Waals surface area contributed by atoms with Crippen molar-refractivity contribution in [2.75, 3.05) is 0 Å². The summed E-state index contributed by atoms with van der Waals surface area (Å²) in [6.45, 7) is 0. The van der Waals surface area contributed by atoms with Crippen LogP contribution in [-0.4, -0.2) is 10.2 Å². The van der Waals surface area contributed by atoms with Gasteiger partial charge in [0.1, 0.15) is 5.75 Å². The Morgan fingerprint density at radius 1 is 0.800 bits per heavy atom. The number of rotatable bonds is 3. The summed E-state index contributed by atoms with van der Waals surface area (Å²) >= 11 is 0. The van der Waals surface area contributed by atoms with Crippen molar-refractivity contribution in [2.45, 2.75) is 12.5 Å². The number of aromatic hydroxyl groups is 1. The summed E-state index contributed by atoms with van der Waals surface area (Å²) in [7, 11) is 0. The first-order chi connectivity index (χ1) is 9.74. The lowest BCUT2D eigenvalue weighted by atomic mass is 9.96. The fourth-order valence-corrected chi connectivity index (χ4v) is 2.51. The number of aliphatic hydroxyl groups is 1. The minimum Gasteiger partial charge on any atom is -0.508 e. The Hall–Kier alpha value is -2.32. The first kappa shape index (κ1) is 12.7. The van der Waals surface area contributed by atoms with E-state index in [1.807, 2.05) is 54.6 Å². The highest BCUT2D eigenvalue weighted by Gasteiger charge is 2.11. The van der Waals surface area contributed by atoms with Crippen LogP contribution in [0.5, 0.6) is 5.75 Å². The predicted molar refractivity (Wildman–Crippen MR) is 80.7 cm³/mol. The molecule has 0 bridgehead atoms. The average Bonchev–Trinajstić information content (AvgIpc) is 2.49. The molecule has 0 spiro atoms. The highest BCUT2D eigenvalue weighted by Crippen LogP contribution is 2.27. The van der Waals surface area contributed by atoms with Gasteiger partial charge in [-0.1, -0.05) is 54.6 Å². The quantitative estimate of drug-likeness (QED) is 0.755. The Balaban J connectivity index is 1.92. The molecule has 2 N–H and O–H groups in total. The van der Waals surface area contributed by atoms with Crippen LogP contribution in [0.3, 0.4) is 0 Å². The Morgan fingerprint density at radius 3 is 2.30 bits per heavy atom. The molecule has 0 fully saturated rings. The van der Waals surface area contributed by atoms with Crippen molar-refractivity contribution in [3.63, 3.8) is 0 Å². The van der Waals surface area contributed by atoms with Gasteiger partial charge >= 0.3 is 0 Å². The molecule has 0 amide bonds. The molecule has 3 rings (SSSR count). The van der Waals surface area contributed by atoms with Gasteiger partial charge in [0.2, 0.25) is 0 Å². The Bertz CT molecular complexity index is 712. The highest BCUT2D eigenvalue weighted by atomic mass is 16.3. The second kappa shape index (κ2) is 5.35. The monoisotopic (exact) mass is 264 g/mol. The van der Waals surface area contributed by atoms with Gasteiger partial charge in [-0.25, -0.2) is 0 Å². The molecule has 0 aliphatic heterocycles. The van der Waals surface area contributed by atoms with Gasteiger partial charge in [0.25, 0.3) is 0 Å². The molecule has 2 nitrogen and oxygen atoms in total. The van der Waals surface area contributed by atoms with E-state index in [9.17, 15) is 10.2 Å². The third kappa shape index (κ3) is 2.51. The molecule has 2 heteroatoms. The zero-order chi connectivity index (χ0) is 13.9. The van der Waals surface area contributed by atoms with Crippen LogP contribution in [0.2, 0.25) is 0 Å². The van der Waals surface area contributed by atoms with E-state index in [4.69, 9.17) is 0 Å². The molecule has 3 aromatic rings. The van der Waals surface area contributed by atoms with Gasteiger partial charge in [0, 0.05) is 6.42 Å². The van der Waals surface area contributed by atoms with Crippen LogP contribution in [0.25, 0.3) is 10.8 Å². The summed E-state index contributed by atoms with van der Waals surface area (Å²) in [5.74, 6) is 0.244. The number of hydrogen-bond donors (Lipinski definition) is 2. The van der Waals surface area contributed by atoms with E-state index >= 15 is 0 Å². The zero-order valence-corrected chi connectivity index (χ0v) is 11.0. The fourth-order valence-electron chi connectivity index (χ4n) is 2.51. The van der Waals surface area contributed by atoms with Gasteiger partial charge in [-0.05, 0) is 34.0 Å². The van der Waals surface area contributed by atoms with E-state index in [0.29, 0.717) is 6.42 Å². The number of hydrogen-bond acceptors (Lipinski definition) is 2. The summed E-state index contributed by atoms with van der Waals surface area (Å²) in [6, 6.07) is 21.0. The first-order valence-electron chi connectivity index (χ1n) is 6.68. The summed E-state index contributed by atoms with van der Waals surface area (Å²) < 4.78 is 0. The normalized spacial score (nSPS) is 12.4. The minimum atomic E-state index is -0.550. The predicted octanol–water partition coefficient (Wildman–Crippen LogP) is 3.82. The van der Waals surface area contributed by atoms with E-state index < -0.39 is 6.10 Å². The van der Waals surface area contributed by atoms with Gasteiger partial charge < -0.3 is 10.2 Å². The second-order valence-electron chi connectivity index (χ2n) is 4.95. The van der Waals surface area contributed by atoms with Crippen LogP contribution in [0.4, 0.5) is 0 Å². The smallest absolute Gasteiger partial charge is 0.115 e. The number of phenols is 1. The molecular weight excluding hydrogens is 248 g/mol. The second-order valence-corrected chi connectivity index (χ2v) is 4.95. The van der Waals surface area contributed by atoms with Crippen molar-refractivity contribution in [2.24, 2.45) is 0 Å². The van der Waals surface area contributed by atoms with E-state index in [2.05, 4.69) is 0 Å². The summed E-state index contributed by atoms with van der Waals surface area (Å²) in [6.07, 6.45) is -0.0143. The van der Waals surface area contributed by atoms with E-state index in [-0.39, 0.29) is 5.75 Å². The van der Waals surface area contributed by atoms with Crippen molar-refractivity contribution in [1.82, 2.24) is 0 Å². The Morgan fingerprint density at radius 2 is 1.50 bits per heavy atom. The number of fused-ring (bicyclic) bond motifs is 1. The van der Waals surface area contributed by atoms with Gasteiger partial charge in [0.15, 0.2) is 0 Å². The number of benzene rings is 3. The molecule has 0 saturated heterocycles. The van der Waals surface area contributed by atoms with Crippen LogP contribution in [-0.2, 0) is 6.42 Å². The van der Waals surface area contributed by atoms with Crippen LogP contribution in [0.1, 0.15) is 17.2 Å². The van der Waals surface area contributed by atoms with Gasteiger partial charge in [0.05, 0.1) is 6.10 Å². The molecule has 0 radical (unpaired) electrons. The molecule has 0 aliphatic carbocycles. The molecule has 0 heterocycles. The lowest BCUT2D eigenvalue weighted by Gasteiger charge is -2.14. The first-order valence-corrected chi connectivity index (χ1v) is 6.68. The van der Waals surface area contributed by atoms with Gasteiger partial charge in [-0.15, -0.1) is 0 Å². The standard InChI is InChI=1S/C18H16O2/c19-15-10-8-13(9-11-15)12-18(20)17-7-3-5-14-4-1-2-6-16(14)17/h1-11,18-20H,12H2. The van der Waals surface area contributed by atoms with E-state index in [1.54, 1.807) is 12.1 Å². The zero-order valence-electron chi connectivity index (χ0n) is 11.0. The molecule has 0 saturated carbocycles. The molecule has 20 heavy (non-hydrogen) atoms. The molecule has 1 unspecified atom stereocenters. The highest BCUT2D eigenvalue weighted by molar-refractivity contribution is 5.86. The topological polar surface area (TPSA) is 40.5 Å². The SMILES string of the molecule is Oc1ccc(CC(O)c2cccc3ccccc23)cc1. The average molecular weight is 264 g/mol. The third-order valence-electron chi connectivity index (χ3n) is 3.55. The molecule has 100 valence electrons. The Labute approximate surface area is 117 Å². The molecule has 3 aromatic carbocycles. The Kier molecular flexibility index (Phi) is 3.40. The summed E-state index contributed by atoms with van der Waals surface area (Å²) in [5.41, 5.74) is 1.94. The van der Waals surface area contributed by atoms with Gasteiger partial charge in [-0.2, -0.15) is 0 Å². The van der Waals surface area contributed by atoms with Crippen molar-refractivity contribution in [1.29, 1.82) is 0 Å². The largest absolute Gasteiger partial charge is 0.508 e. The minimum absolute atomic E-state index is 0.244. The summed E-state index contributed by atoms with van der Waals surface area (Å²) in [5, 5.41) is 22.0. The molecule has 0 aliphatic rings. The van der Waals surface area contributed by atoms with Crippen LogP contribution >= 0.6 is 0 Å². The van der Waals surface area contributed by atoms with Crippen molar-refractivity contribution in [3.8, 4) is 5.75 Å². The van der Waals surface area contributed by atoms with Crippen LogP contribution in [0.15, 0.2) is 66.7 Å². The lowest BCUT2D eigenvalue weighted by Crippen LogP contribution is -2.02. The number of aliphatic hydroxyl groups excluding tert-OH is 1. The third-order valence-corrected chi connectivity index (χ3v) is 3.55. The maximum atomic E-state index is 10.5. The lowest BCUT2D eigenvalue weighted by molar-refractivity contribution is 0.180. The van der Waals surface area contributed by atoms with Crippen molar-refractivity contribution < 1.29 is 10.2 Å². The molecule has 1 atom stereocenters. The maximum Gasteiger partial charge on any atom is 0.115 e.